The number of thiophene rings is 1. The van der Waals surface area contributed by atoms with Crippen molar-refractivity contribution in [1.29, 1.82) is 0 Å². The molecule has 2 aromatic heterocycles. The zero-order valence-electron chi connectivity index (χ0n) is 16.2. The first-order valence-electron chi connectivity index (χ1n) is 9.25. The smallest absolute Gasteiger partial charge is 0.321 e. The lowest BCUT2D eigenvalue weighted by Gasteiger charge is -2.15. The van der Waals surface area contributed by atoms with Crippen molar-refractivity contribution in [3.8, 4) is 0 Å². The van der Waals surface area contributed by atoms with Gasteiger partial charge in [0.1, 0.15) is 4.83 Å². The topological polar surface area (TPSA) is 93.1 Å². The molecule has 0 bridgehead atoms. The third-order valence-electron chi connectivity index (χ3n) is 4.41. The zero-order chi connectivity index (χ0) is 20.4. The Labute approximate surface area is 171 Å². The molecule has 3 amide bonds. The number of fused-ring (bicyclic) bond motifs is 3. The van der Waals surface area contributed by atoms with E-state index >= 15 is 0 Å². The molecule has 0 radical (unpaired) electrons. The summed E-state index contributed by atoms with van der Waals surface area (Å²) in [5, 5.41) is 5.52. The van der Waals surface area contributed by atoms with Crippen molar-refractivity contribution >= 4 is 45.3 Å². The minimum Gasteiger partial charge on any atom is -0.336 e. The standard InChI is InChI=1S/C19H24N4O3S2/c1-5-9-23-17(25)14-12-7-6-8-13(12)28-16(14)22-19(23)27-11(4)15(24)21-18(26)20-10(2)3/h5,10-11H,1,6-9H2,2-4H3,(H2,20,21,24,26)/t11-/m1/s1. The molecule has 0 spiro atoms. The predicted octanol–water partition coefficient (Wildman–Crippen LogP) is 2.85. The van der Waals surface area contributed by atoms with E-state index in [2.05, 4.69) is 22.2 Å². The normalized spacial score (nSPS) is 14.1. The van der Waals surface area contributed by atoms with E-state index in [1.807, 2.05) is 13.8 Å². The Morgan fingerprint density at radius 3 is 2.79 bits per heavy atom. The van der Waals surface area contributed by atoms with Crippen LogP contribution in [0, 0.1) is 0 Å². The second-order valence-electron chi connectivity index (χ2n) is 7.01. The van der Waals surface area contributed by atoms with Gasteiger partial charge in [0, 0.05) is 17.5 Å². The summed E-state index contributed by atoms with van der Waals surface area (Å²) in [5.74, 6) is -0.434. The van der Waals surface area contributed by atoms with Gasteiger partial charge in [-0.05, 0) is 45.6 Å². The van der Waals surface area contributed by atoms with Crippen molar-refractivity contribution in [2.45, 2.75) is 63.0 Å². The fourth-order valence-electron chi connectivity index (χ4n) is 3.16. The van der Waals surface area contributed by atoms with Gasteiger partial charge in [-0.3, -0.25) is 19.5 Å². The number of thioether (sulfide) groups is 1. The Bertz CT molecular complexity index is 993. The highest BCUT2D eigenvalue weighted by Crippen LogP contribution is 2.36. The number of aromatic nitrogens is 2. The van der Waals surface area contributed by atoms with Crippen LogP contribution in [0.25, 0.3) is 10.2 Å². The maximum absolute atomic E-state index is 13.1. The third kappa shape index (κ3) is 4.15. The van der Waals surface area contributed by atoms with Crippen molar-refractivity contribution in [3.63, 3.8) is 0 Å². The first-order chi connectivity index (χ1) is 13.3. The number of urea groups is 1. The van der Waals surface area contributed by atoms with E-state index in [4.69, 9.17) is 0 Å². The highest BCUT2D eigenvalue weighted by Gasteiger charge is 2.25. The molecule has 28 heavy (non-hydrogen) atoms. The van der Waals surface area contributed by atoms with Crippen molar-refractivity contribution in [3.05, 3.63) is 33.4 Å². The molecule has 0 aromatic carbocycles. The summed E-state index contributed by atoms with van der Waals surface area (Å²) in [7, 11) is 0. The van der Waals surface area contributed by atoms with Gasteiger partial charge in [0.25, 0.3) is 5.56 Å². The van der Waals surface area contributed by atoms with Crippen LogP contribution in [0.15, 0.2) is 22.6 Å². The van der Waals surface area contributed by atoms with E-state index in [1.54, 1.807) is 28.9 Å². The predicted molar refractivity (Wildman–Crippen MR) is 113 cm³/mol. The number of allylic oxidation sites excluding steroid dienone is 1. The minimum atomic E-state index is -0.592. The van der Waals surface area contributed by atoms with E-state index in [0.29, 0.717) is 17.1 Å². The lowest BCUT2D eigenvalue weighted by Crippen LogP contribution is -2.45. The van der Waals surface area contributed by atoms with E-state index in [1.165, 1.54) is 16.6 Å². The molecular weight excluding hydrogens is 396 g/mol. The lowest BCUT2D eigenvalue weighted by atomic mass is 10.2. The van der Waals surface area contributed by atoms with E-state index in [-0.39, 0.29) is 11.6 Å². The summed E-state index contributed by atoms with van der Waals surface area (Å²) in [6.45, 7) is 9.36. The summed E-state index contributed by atoms with van der Waals surface area (Å²) < 4.78 is 1.56. The molecule has 0 saturated heterocycles. The number of nitrogens with one attached hydrogen (secondary N) is 2. The van der Waals surface area contributed by atoms with Gasteiger partial charge >= 0.3 is 6.03 Å². The van der Waals surface area contributed by atoms with Gasteiger partial charge < -0.3 is 5.32 Å². The molecule has 0 aliphatic heterocycles. The van der Waals surface area contributed by atoms with Crippen molar-refractivity contribution < 1.29 is 9.59 Å². The van der Waals surface area contributed by atoms with Gasteiger partial charge in [-0.25, -0.2) is 9.78 Å². The van der Waals surface area contributed by atoms with Crippen molar-refractivity contribution in [1.82, 2.24) is 20.2 Å². The summed E-state index contributed by atoms with van der Waals surface area (Å²) >= 11 is 2.73. The monoisotopic (exact) mass is 420 g/mol. The van der Waals surface area contributed by atoms with Crippen LogP contribution < -0.4 is 16.2 Å². The maximum atomic E-state index is 13.1. The van der Waals surface area contributed by atoms with Crippen LogP contribution in [0.2, 0.25) is 0 Å². The average Bonchev–Trinajstić information content (AvgIpc) is 3.17. The van der Waals surface area contributed by atoms with Crippen LogP contribution in [0.4, 0.5) is 4.79 Å². The molecule has 0 saturated carbocycles. The van der Waals surface area contributed by atoms with E-state index in [0.717, 1.165) is 29.7 Å². The molecule has 0 unspecified atom stereocenters. The highest BCUT2D eigenvalue weighted by molar-refractivity contribution is 8.00. The summed E-state index contributed by atoms with van der Waals surface area (Å²) in [6.07, 6.45) is 4.62. The zero-order valence-corrected chi connectivity index (χ0v) is 17.8. The number of carbonyl (C=O) groups excluding carboxylic acids is 2. The molecule has 3 rings (SSSR count). The number of imide groups is 1. The summed E-state index contributed by atoms with van der Waals surface area (Å²) in [4.78, 5) is 43.9. The number of rotatable bonds is 6. The first-order valence-corrected chi connectivity index (χ1v) is 11.0. The molecule has 0 fully saturated rings. The van der Waals surface area contributed by atoms with Gasteiger partial charge in [0.05, 0.1) is 10.6 Å². The number of hydrogen-bond acceptors (Lipinski definition) is 6. The highest BCUT2D eigenvalue weighted by atomic mass is 32.2. The number of hydrogen-bond donors (Lipinski definition) is 2. The van der Waals surface area contributed by atoms with Gasteiger partial charge in [0.2, 0.25) is 5.91 Å². The molecule has 2 aromatic rings. The number of carbonyl (C=O) groups is 2. The molecular formula is C19H24N4O3S2. The molecule has 1 atom stereocenters. The number of nitrogens with zero attached hydrogens (tertiary/aromatic N) is 2. The fraction of sp³-hybridized carbons (Fsp3) is 0.474. The first kappa shape index (κ1) is 20.6. The van der Waals surface area contributed by atoms with Crippen LogP contribution in [0.1, 0.15) is 37.6 Å². The average molecular weight is 421 g/mol. The molecule has 150 valence electrons. The van der Waals surface area contributed by atoms with Gasteiger partial charge in [-0.15, -0.1) is 17.9 Å². The van der Waals surface area contributed by atoms with Crippen molar-refractivity contribution in [2.24, 2.45) is 0 Å². The summed E-state index contributed by atoms with van der Waals surface area (Å²) in [6, 6.07) is -0.604. The van der Waals surface area contributed by atoms with Crippen LogP contribution >= 0.6 is 23.1 Å². The molecule has 9 heteroatoms. The van der Waals surface area contributed by atoms with Crippen molar-refractivity contribution in [2.75, 3.05) is 0 Å². The largest absolute Gasteiger partial charge is 0.336 e. The Morgan fingerprint density at radius 1 is 1.36 bits per heavy atom. The van der Waals surface area contributed by atoms with Gasteiger partial charge in [-0.1, -0.05) is 17.8 Å². The number of aryl methyl sites for hydroxylation is 2. The van der Waals surface area contributed by atoms with E-state index in [9.17, 15) is 14.4 Å². The minimum absolute atomic E-state index is 0.0709. The quantitative estimate of drug-likeness (QED) is 0.426. The molecule has 1 aliphatic rings. The molecule has 2 N–H and O–H groups in total. The maximum Gasteiger partial charge on any atom is 0.321 e. The second kappa shape index (κ2) is 8.48. The van der Waals surface area contributed by atoms with Crippen LogP contribution in [-0.2, 0) is 24.2 Å². The number of amides is 3. The Balaban J connectivity index is 1.88. The molecule has 1 aliphatic carbocycles. The van der Waals surface area contributed by atoms with Gasteiger partial charge in [-0.2, -0.15) is 0 Å². The van der Waals surface area contributed by atoms with E-state index < -0.39 is 17.2 Å². The van der Waals surface area contributed by atoms with Gasteiger partial charge in [0.15, 0.2) is 5.16 Å². The van der Waals surface area contributed by atoms with Crippen LogP contribution in [-0.4, -0.2) is 32.8 Å². The third-order valence-corrected chi connectivity index (χ3v) is 6.69. The summed E-state index contributed by atoms with van der Waals surface area (Å²) in [5.41, 5.74) is 1.04. The Kier molecular flexibility index (Phi) is 6.24. The SMILES string of the molecule is C=CCn1c(S[C@H](C)C(=O)NC(=O)NC(C)C)nc2sc3c(c2c1=O)CCC3. The Morgan fingerprint density at radius 2 is 2.11 bits per heavy atom. The lowest BCUT2D eigenvalue weighted by molar-refractivity contribution is -0.119. The molecule has 7 nitrogen and oxygen atoms in total. The van der Waals surface area contributed by atoms with Crippen LogP contribution in [0.5, 0.6) is 0 Å². The van der Waals surface area contributed by atoms with Crippen LogP contribution in [0.3, 0.4) is 0 Å². The Hall–Kier alpha value is -2.13. The fourth-order valence-corrected chi connectivity index (χ4v) is 5.38. The molecule has 2 heterocycles. The second-order valence-corrected chi connectivity index (χ2v) is 9.41.